The van der Waals surface area contributed by atoms with Crippen LogP contribution in [0.1, 0.15) is 31.3 Å². The van der Waals surface area contributed by atoms with Crippen LogP contribution in [0.4, 0.5) is 5.69 Å². The zero-order valence-electron chi connectivity index (χ0n) is 15.0. The molecule has 0 spiro atoms. The van der Waals surface area contributed by atoms with E-state index in [2.05, 4.69) is 9.97 Å². The van der Waals surface area contributed by atoms with Crippen molar-refractivity contribution in [1.82, 2.24) is 9.97 Å². The van der Waals surface area contributed by atoms with Gasteiger partial charge in [-0.05, 0) is 26.0 Å². The zero-order chi connectivity index (χ0) is 20.3. The van der Waals surface area contributed by atoms with Gasteiger partial charge < -0.3 is 4.74 Å². The van der Waals surface area contributed by atoms with Gasteiger partial charge in [0.1, 0.15) is 9.88 Å². The van der Waals surface area contributed by atoms with E-state index in [0.717, 1.165) is 11.3 Å². The molecule has 3 aromatic rings. The minimum atomic E-state index is -0.674. The summed E-state index contributed by atoms with van der Waals surface area (Å²) < 4.78 is 5.10. The van der Waals surface area contributed by atoms with Gasteiger partial charge in [0.2, 0.25) is 5.78 Å². The Hall–Kier alpha value is -3.46. The van der Waals surface area contributed by atoms with Crippen LogP contribution in [-0.2, 0) is 4.74 Å². The molecule has 2 aromatic heterocycles. The van der Waals surface area contributed by atoms with E-state index in [9.17, 15) is 19.7 Å². The van der Waals surface area contributed by atoms with E-state index in [1.807, 2.05) is 6.07 Å². The fourth-order valence-corrected chi connectivity index (χ4v) is 3.38. The van der Waals surface area contributed by atoms with E-state index < -0.39 is 23.3 Å². The second-order valence-electron chi connectivity index (χ2n) is 5.91. The summed E-state index contributed by atoms with van der Waals surface area (Å²) in [4.78, 5) is 43.8. The molecule has 3 rings (SSSR count). The molecule has 0 amide bonds. The Balaban J connectivity index is 1.71. The first kappa shape index (κ1) is 19.3. The summed E-state index contributed by atoms with van der Waals surface area (Å²) in [7, 11) is 0. The van der Waals surface area contributed by atoms with Crippen molar-refractivity contribution in [3.8, 4) is 10.7 Å². The van der Waals surface area contributed by atoms with Crippen LogP contribution in [0.5, 0.6) is 0 Å². The Morgan fingerprint density at radius 3 is 2.68 bits per heavy atom. The number of nitro groups is 1. The molecule has 0 saturated heterocycles. The van der Waals surface area contributed by atoms with Crippen LogP contribution in [0.15, 0.2) is 42.6 Å². The minimum absolute atomic E-state index is 0.111. The number of thiazole rings is 1. The average Bonchev–Trinajstić information content (AvgIpc) is 3.08. The number of hydrogen-bond acceptors (Lipinski definition) is 8. The summed E-state index contributed by atoms with van der Waals surface area (Å²) in [5, 5.41) is 11.6. The van der Waals surface area contributed by atoms with E-state index in [-0.39, 0.29) is 16.1 Å². The van der Waals surface area contributed by atoms with Crippen molar-refractivity contribution < 1.29 is 19.2 Å². The van der Waals surface area contributed by atoms with Crippen LogP contribution >= 0.6 is 11.3 Å². The third-order valence-corrected chi connectivity index (χ3v) is 5.09. The number of ketones is 1. The number of ether oxygens (including phenoxy) is 1. The molecular weight excluding hydrogens is 382 g/mol. The number of carbonyl (C=O) groups is 2. The predicted molar refractivity (Wildman–Crippen MR) is 103 cm³/mol. The monoisotopic (exact) mass is 397 g/mol. The van der Waals surface area contributed by atoms with Crippen molar-refractivity contribution >= 4 is 28.8 Å². The van der Waals surface area contributed by atoms with Crippen molar-refractivity contribution in [3.63, 3.8) is 0 Å². The number of carbonyl (C=O) groups excluding carboxylic acids is 2. The SMILES string of the molecule is Cc1ccc(C(=O)COC(=O)c2sc(-c3ccccn3)nc2C)cc1[N+](=O)[O-]. The van der Waals surface area contributed by atoms with Gasteiger partial charge in [-0.1, -0.05) is 18.2 Å². The molecule has 1 aromatic carbocycles. The van der Waals surface area contributed by atoms with Gasteiger partial charge in [-0.15, -0.1) is 11.3 Å². The molecule has 0 aliphatic carbocycles. The van der Waals surface area contributed by atoms with Gasteiger partial charge >= 0.3 is 5.97 Å². The maximum atomic E-state index is 12.3. The Morgan fingerprint density at radius 1 is 1.21 bits per heavy atom. The van der Waals surface area contributed by atoms with Gasteiger partial charge in [0.15, 0.2) is 6.61 Å². The summed E-state index contributed by atoms with van der Waals surface area (Å²) in [5.41, 5.74) is 1.52. The molecule has 0 N–H and O–H groups in total. The Kier molecular flexibility index (Phi) is 5.55. The number of pyridine rings is 1. The highest BCUT2D eigenvalue weighted by atomic mass is 32.1. The van der Waals surface area contributed by atoms with Gasteiger partial charge in [-0.25, -0.2) is 9.78 Å². The molecular formula is C19H15N3O5S. The van der Waals surface area contributed by atoms with Crippen molar-refractivity contribution in [2.24, 2.45) is 0 Å². The van der Waals surface area contributed by atoms with Crippen LogP contribution in [-0.4, -0.2) is 33.3 Å². The number of hydrogen-bond donors (Lipinski definition) is 0. The highest BCUT2D eigenvalue weighted by Crippen LogP contribution is 2.27. The molecule has 8 nitrogen and oxygen atoms in total. The topological polar surface area (TPSA) is 112 Å². The van der Waals surface area contributed by atoms with Gasteiger partial charge in [-0.3, -0.25) is 19.9 Å². The zero-order valence-corrected chi connectivity index (χ0v) is 15.9. The van der Waals surface area contributed by atoms with Crippen molar-refractivity contribution in [2.75, 3.05) is 6.61 Å². The third-order valence-electron chi connectivity index (χ3n) is 3.93. The van der Waals surface area contributed by atoms with Gasteiger partial charge in [0.25, 0.3) is 5.69 Å². The molecule has 0 unspecified atom stereocenters. The third kappa shape index (κ3) is 4.09. The van der Waals surface area contributed by atoms with Crippen molar-refractivity contribution in [3.05, 3.63) is 74.4 Å². The van der Waals surface area contributed by atoms with Gasteiger partial charge in [0.05, 0.1) is 16.3 Å². The van der Waals surface area contributed by atoms with Crippen LogP contribution in [0.3, 0.4) is 0 Å². The minimum Gasteiger partial charge on any atom is -0.453 e. The van der Waals surface area contributed by atoms with Crippen molar-refractivity contribution in [1.29, 1.82) is 0 Å². The van der Waals surface area contributed by atoms with Gasteiger partial charge in [-0.2, -0.15) is 0 Å². The molecule has 2 heterocycles. The number of benzene rings is 1. The number of nitro benzene ring substituents is 1. The maximum absolute atomic E-state index is 12.3. The van der Waals surface area contributed by atoms with E-state index >= 15 is 0 Å². The lowest BCUT2D eigenvalue weighted by atomic mass is 10.1. The standard InChI is InChI=1S/C19H15N3O5S/c1-11-6-7-13(9-15(11)22(25)26)16(23)10-27-19(24)17-12(2)21-18(28-17)14-5-3-4-8-20-14/h3-9H,10H2,1-2H3. The van der Waals surface area contributed by atoms with Crippen LogP contribution < -0.4 is 0 Å². The van der Waals surface area contributed by atoms with Crippen LogP contribution in [0.2, 0.25) is 0 Å². The fraction of sp³-hybridized carbons (Fsp3) is 0.158. The first-order valence-electron chi connectivity index (χ1n) is 8.21. The van der Waals surface area contributed by atoms with E-state index in [1.165, 1.54) is 18.2 Å². The number of esters is 1. The quantitative estimate of drug-likeness (QED) is 0.269. The normalized spacial score (nSPS) is 10.5. The lowest BCUT2D eigenvalue weighted by molar-refractivity contribution is -0.385. The number of rotatable bonds is 6. The molecule has 142 valence electrons. The maximum Gasteiger partial charge on any atom is 0.350 e. The second-order valence-corrected chi connectivity index (χ2v) is 6.91. The number of Topliss-reactive ketones (excluding diaryl/α,β-unsaturated/α-hetero) is 1. The van der Waals surface area contributed by atoms with E-state index in [4.69, 9.17) is 4.74 Å². The summed E-state index contributed by atoms with van der Waals surface area (Å²) in [6, 6.07) is 9.51. The smallest absolute Gasteiger partial charge is 0.350 e. The summed E-state index contributed by atoms with van der Waals surface area (Å²) >= 11 is 1.13. The second kappa shape index (κ2) is 8.05. The Labute approximate surface area is 164 Å². The van der Waals surface area contributed by atoms with E-state index in [0.29, 0.717) is 22.0 Å². The summed E-state index contributed by atoms with van der Waals surface area (Å²) in [6.07, 6.45) is 1.63. The number of nitrogens with zero attached hydrogens (tertiary/aromatic N) is 3. The Morgan fingerprint density at radius 2 is 2.00 bits per heavy atom. The van der Waals surface area contributed by atoms with Crippen molar-refractivity contribution in [2.45, 2.75) is 13.8 Å². The van der Waals surface area contributed by atoms with Gasteiger partial charge in [0, 0.05) is 23.4 Å². The average molecular weight is 397 g/mol. The van der Waals surface area contributed by atoms with Crippen LogP contribution in [0, 0.1) is 24.0 Å². The summed E-state index contributed by atoms with van der Waals surface area (Å²) in [6.45, 7) is 2.73. The molecule has 9 heteroatoms. The fourth-order valence-electron chi connectivity index (χ4n) is 2.44. The lowest BCUT2D eigenvalue weighted by Crippen LogP contribution is -2.14. The first-order valence-corrected chi connectivity index (χ1v) is 9.02. The Bertz CT molecular complexity index is 1060. The molecule has 28 heavy (non-hydrogen) atoms. The first-order chi connectivity index (χ1) is 13.4. The highest BCUT2D eigenvalue weighted by Gasteiger charge is 2.20. The molecule has 0 bridgehead atoms. The molecule has 0 fully saturated rings. The molecule has 0 atom stereocenters. The molecule has 0 aliphatic rings. The molecule has 0 aliphatic heterocycles. The van der Waals surface area contributed by atoms with Crippen LogP contribution in [0.25, 0.3) is 10.7 Å². The lowest BCUT2D eigenvalue weighted by Gasteiger charge is -2.04. The molecule has 0 radical (unpaired) electrons. The summed E-state index contributed by atoms with van der Waals surface area (Å²) in [5.74, 6) is -1.20. The highest BCUT2D eigenvalue weighted by molar-refractivity contribution is 7.17. The number of aryl methyl sites for hydroxylation is 2. The number of aromatic nitrogens is 2. The largest absolute Gasteiger partial charge is 0.453 e. The predicted octanol–water partition coefficient (Wildman–Crippen LogP) is 3.77. The van der Waals surface area contributed by atoms with E-state index in [1.54, 1.807) is 32.2 Å². The molecule has 0 saturated carbocycles.